The Morgan fingerprint density at radius 2 is 2.03 bits per heavy atom. The number of fused-ring (bicyclic) bond motifs is 5. The molecule has 0 aliphatic carbocycles. The summed E-state index contributed by atoms with van der Waals surface area (Å²) in [6, 6.07) is 9.59. The van der Waals surface area contributed by atoms with Gasteiger partial charge < -0.3 is 9.15 Å². The van der Waals surface area contributed by atoms with Crippen LogP contribution in [0.2, 0.25) is 5.02 Å². The summed E-state index contributed by atoms with van der Waals surface area (Å²) in [5.74, 6) is 1.45. The first-order valence-electron chi connectivity index (χ1n) is 10.0. The van der Waals surface area contributed by atoms with Crippen LogP contribution >= 0.6 is 22.9 Å². The van der Waals surface area contributed by atoms with Crippen LogP contribution in [0.5, 0.6) is 5.75 Å². The Bertz CT molecular complexity index is 1690. The van der Waals surface area contributed by atoms with Gasteiger partial charge in [0.2, 0.25) is 5.82 Å². The Labute approximate surface area is 195 Å². The maximum Gasteiger partial charge on any atom is 0.218 e. The highest BCUT2D eigenvalue weighted by atomic mass is 35.5. The van der Waals surface area contributed by atoms with Crippen LogP contribution in [0.1, 0.15) is 17.0 Å². The van der Waals surface area contributed by atoms with E-state index in [2.05, 4.69) is 28.1 Å². The molecule has 10 heteroatoms. The zero-order valence-electron chi connectivity index (χ0n) is 17.5. The second-order valence-electron chi connectivity index (χ2n) is 7.62. The van der Waals surface area contributed by atoms with Crippen LogP contribution < -0.4 is 4.74 Å². The average Bonchev–Trinajstić information content (AvgIpc) is 3.48. The van der Waals surface area contributed by atoms with Crippen molar-refractivity contribution in [2.24, 2.45) is 0 Å². The third kappa shape index (κ3) is 3.40. The normalized spacial score (nSPS) is 11.8. The fraction of sp³-hybridized carbons (Fsp3) is 0.130. The summed E-state index contributed by atoms with van der Waals surface area (Å²) in [4.78, 5) is 14.9. The quantitative estimate of drug-likeness (QED) is 0.302. The molecule has 0 unspecified atom stereocenters. The fourth-order valence-electron chi connectivity index (χ4n) is 3.79. The molecule has 6 aromatic rings. The summed E-state index contributed by atoms with van der Waals surface area (Å²) in [7, 11) is 0. The van der Waals surface area contributed by atoms with Crippen LogP contribution in [0, 0.1) is 19.7 Å². The van der Waals surface area contributed by atoms with Crippen LogP contribution in [0.4, 0.5) is 4.39 Å². The van der Waals surface area contributed by atoms with E-state index in [4.69, 9.17) is 25.7 Å². The molecule has 0 radical (unpaired) electrons. The van der Waals surface area contributed by atoms with Gasteiger partial charge in [0.1, 0.15) is 39.8 Å². The molecule has 33 heavy (non-hydrogen) atoms. The Hall–Kier alpha value is -3.56. The molecule has 0 aliphatic heterocycles. The second-order valence-corrected chi connectivity index (χ2v) is 9.02. The lowest BCUT2D eigenvalue weighted by atomic mass is 10.1. The van der Waals surface area contributed by atoms with Gasteiger partial charge in [0.05, 0.1) is 10.5 Å². The standard InChI is InChI=1S/C23H15ClFN5O2S/c1-11-7-12(2)27-23-18(11)19-20(33-23)22-28-21(29-30(22)10-26-19)17-6-4-14(32-17)9-31-16-5-3-13(25)8-15(16)24/h3-8,10H,9H2,1-2H3. The van der Waals surface area contributed by atoms with Crippen LogP contribution in [0.25, 0.3) is 37.7 Å². The molecule has 0 saturated heterocycles. The number of thiophene rings is 1. The zero-order valence-corrected chi connectivity index (χ0v) is 19.0. The first kappa shape index (κ1) is 20.1. The summed E-state index contributed by atoms with van der Waals surface area (Å²) >= 11 is 7.56. The summed E-state index contributed by atoms with van der Waals surface area (Å²) in [6.45, 7) is 4.18. The number of aryl methyl sites for hydroxylation is 2. The molecular formula is C23H15ClFN5O2S. The Morgan fingerprint density at radius 3 is 2.88 bits per heavy atom. The number of ether oxygens (including phenoxy) is 1. The number of hydrogen-bond donors (Lipinski definition) is 0. The van der Waals surface area contributed by atoms with E-state index in [0.29, 0.717) is 28.7 Å². The number of pyridine rings is 1. The SMILES string of the molecule is Cc1cc(C)c2c(n1)sc1c2ncn2nc(-c3ccc(COc4ccc(F)cc4Cl)o3)nc12. The largest absolute Gasteiger partial charge is 0.484 e. The van der Waals surface area contributed by atoms with Crippen molar-refractivity contribution >= 4 is 49.0 Å². The van der Waals surface area contributed by atoms with E-state index in [1.807, 2.05) is 6.92 Å². The summed E-state index contributed by atoms with van der Waals surface area (Å²) in [5, 5.41) is 5.77. The minimum Gasteiger partial charge on any atom is -0.484 e. The van der Waals surface area contributed by atoms with Crippen LogP contribution in [-0.4, -0.2) is 24.6 Å². The van der Waals surface area contributed by atoms with Crippen molar-refractivity contribution < 1.29 is 13.5 Å². The Balaban J connectivity index is 1.34. The van der Waals surface area contributed by atoms with Gasteiger partial charge in [0.25, 0.3) is 0 Å². The number of furan rings is 1. The van der Waals surface area contributed by atoms with Crippen molar-refractivity contribution in [2.45, 2.75) is 20.5 Å². The van der Waals surface area contributed by atoms with Gasteiger partial charge in [-0.1, -0.05) is 11.6 Å². The van der Waals surface area contributed by atoms with E-state index in [9.17, 15) is 4.39 Å². The van der Waals surface area contributed by atoms with Gasteiger partial charge in [-0.05, 0) is 55.8 Å². The molecule has 164 valence electrons. The van der Waals surface area contributed by atoms with E-state index in [1.165, 1.54) is 18.2 Å². The fourth-order valence-corrected chi connectivity index (χ4v) is 5.24. The molecule has 1 aromatic carbocycles. The topological polar surface area (TPSA) is 78.3 Å². The first-order chi connectivity index (χ1) is 16.0. The van der Waals surface area contributed by atoms with Crippen molar-refractivity contribution in [3.05, 3.63) is 70.6 Å². The monoisotopic (exact) mass is 479 g/mol. The molecule has 0 amide bonds. The predicted molar refractivity (Wildman–Crippen MR) is 124 cm³/mol. The molecule has 0 N–H and O–H groups in total. The molecular weight excluding hydrogens is 465 g/mol. The van der Waals surface area contributed by atoms with Gasteiger partial charge in [0.15, 0.2) is 11.4 Å². The molecule has 0 bridgehead atoms. The molecule has 6 rings (SSSR count). The third-order valence-corrected chi connectivity index (χ3v) is 6.60. The van der Waals surface area contributed by atoms with Crippen LogP contribution in [0.3, 0.4) is 0 Å². The van der Waals surface area contributed by atoms with Crippen molar-refractivity contribution in [2.75, 3.05) is 0 Å². The van der Waals surface area contributed by atoms with E-state index in [1.54, 1.807) is 34.3 Å². The number of benzene rings is 1. The van der Waals surface area contributed by atoms with Gasteiger partial charge >= 0.3 is 0 Å². The lowest BCUT2D eigenvalue weighted by molar-refractivity contribution is 0.271. The van der Waals surface area contributed by atoms with Crippen molar-refractivity contribution in [1.29, 1.82) is 0 Å². The third-order valence-electron chi connectivity index (χ3n) is 5.24. The highest BCUT2D eigenvalue weighted by Crippen LogP contribution is 2.36. The number of aromatic nitrogens is 5. The van der Waals surface area contributed by atoms with Gasteiger partial charge in [-0.15, -0.1) is 16.4 Å². The maximum absolute atomic E-state index is 13.2. The molecule has 0 aliphatic rings. The highest BCUT2D eigenvalue weighted by molar-refractivity contribution is 7.26. The predicted octanol–water partition coefficient (Wildman–Crippen LogP) is 6.14. The molecule has 7 nitrogen and oxygen atoms in total. The maximum atomic E-state index is 13.2. The summed E-state index contributed by atoms with van der Waals surface area (Å²) < 4.78 is 27.3. The lowest BCUT2D eigenvalue weighted by Gasteiger charge is -2.05. The number of rotatable bonds is 4. The molecule has 0 spiro atoms. The highest BCUT2D eigenvalue weighted by Gasteiger charge is 2.18. The van der Waals surface area contributed by atoms with E-state index >= 15 is 0 Å². The zero-order chi connectivity index (χ0) is 22.7. The van der Waals surface area contributed by atoms with E-state index in [-0.39, 0.29) is 11.6 Å². The first-order valence-corrected chi connectivity index (χ1v) is 11.2. The van der Waals surface area contributed by atoms with Crippen molar-refractivity contribution in [3.63, 3.8) is 0 Å². The molecule has 5 heterocycles. The number of nitrogens with zero attached hydrogens (tertiary/aromatic N) is 5. The summed E-state index contributed by atoms with van der Waals surface area (Å²) in [6.07, 6.45) is 1.66. The average molecular weight is 480 g/mol. The van der Waals surface area contributed by atoms with Gasteiger partial charge in [-0.3, -0.25) is 0 Å². The van der Waals surface area contributed by atoms with Gasteiger partial charge in [-0.2, -0.15) is 0 Å². The summed E-state index contributed by atoms with van der Waals surface area (Å²) in [5.41, 5.74) is 3.67. The molecule has 5 aromatic heterocycles. The van der Waals surface area contributed by atoms with E-state index < -0.39 is 5.82 Å². The van der Waals surface area contributed by atoms with Crippen molar-refractivity contribution in [3.8, 4) is 17.3 Å². The second kappa shape index (κ2) is 7.50. The van der Waals surface area contributed by atoms with Crippen molar-refractivity contribution in [1.82, 2.24) is 24.6 Å². The van der Waals surface area contributed by atoms with Crippen LogP contribution in [0.15, 0.2) is 47.1 Å². The van der Waals surface area contributed by atoms with Gasteiger partial charge in [-0.25, -0.2) is 23.9 Å². The smallest absolute Gasteiger partial charge is 0.218 e. The van der Waals surface area contributed by atoms with Crippen LogP contribution in [-0.2, 0) is 6.61 Å². The molecule has 0 saturated carbocycles. The molecule has 0 atom stereocenters. The number of hydrogen-bond acceptors (Lipinski definition) is 7. The molecule has 0 fully saturated rings. The number of halogens is 2. The minimum absolute atomic E-state index is 0.130. The lowest BCUT2D eigenvalue weighted by Crippen LogP contribution is -1.94. The Kier molecular flexibility index (Phi) is 4.56. The Morgan fingerprint density at radius 1 is 1.15 bits per heavy atom. The van der Waals surface area contributed by atoms with E-state index in [0.717, 1.165) is 31.7 Å². The minimum atomic E-state index is -0.422. The van der Waals surface area contributed by atoms with Gasteiger partial charge in [0, 0.05) is 11.1 Å².